The molecule has 2 amide bonds. The number of carbonyl (C=O) groups is 3. The second-order valence-electron chi connectivity index (χ2n) is 4.81. The Hall–Kier alpha value is -1.89. The number of likely N-dealkylation sites (N-methyl/N-ethyl adjacent to an activating group) is 2. The number of rotatable bonds is 8. The predicted octanol–water partition coefficient (Wildman–Crippen LogP) is 1.57. The summed E-state index contributed by atoms with van der Waals surface area (Å²) >= 11 is 3.43. The van der Waals surface area contributed by atoms with Crippen molar-refractivity contribution in [2.45, 2.75) is 18.9 Å². The molecule has 0 aliphatic carbocycles. The molecule has 22 heavy (non-hydrogen) atoms. The Labute approximate surface area is 138 Å². The maximum Gasteiger partial charge on any atom is 0.242 e. The zero-order valence-electron chi connectivity index (χ0n) is 12.9. The second kappa shape index (κ2) is 8.53. The van der Waals surface area contributed by atoms with E-state index >= 15 is 0 Å². The molecule has 0 saturated heterocycles. The Morgan fingerprint density at radius 2 is 2.05 bits per heavy atom. The fraction of sp³-hybridized carbons (Fsp3) is 0.400. The van der Waals surface area contributed by atoms with Gasteiger partial charge in [0.15, 0.2) is 0 Å². The van der Waals surface area contributed by atoms with Crippen LogP contribution in [0.25, 0.3) is 0 Å². The molecule has 0 saturated carbocycles. The molecule has 1 aromatic carbocycles. The van der Waals surface area contributed by atoms with Gasteiger partial charge in [0, 0.05) is 32.0 Å². The molecule has 120 valence electrons. The minimum absolute atomic E-state index is 0.177. The van der Waals surface area contributed by atoms with E-state index in [-0.39, 0.29) is 12.3 Å². The molecule has 0 fully saturated rings. The maximum atomic E-state index is 12.1. The van der Waals surface area contributed by atoms with Crippen molar-refractivity contribution in [1.82, 2.24) is 5.32 Å². The van der Waals surface area contributed by atoms with Crippen LogP contribution in [0.5, 0.6) is 0 Å². The van der Waals surface area contributed by atoms with Gasteiger partial charge in [0.25, 0.3) is 0 Å². The van der Waals surface area contributed by atoms with Crippen LogP contribution >= 0.6 is 15.9 Å². The van der Waals surface area contributed by atoms with Crippen LogP contribution in [0.1, 0.15) is 12.8 Å². The lowest BCUT2D eigenvalue weighted by atomic mass is 10.1. The van der Waals surface area contributed by atoms with Crippen LogP contribution in [0.2, 0.25) is 0 Å². The van der Waals surface area contributed by atoms with Crippen molar-refractivity contribution < 1.29 is 14.4 Å². The lowest BCUT2D eigenvalue weighted by Gasteiger charge is -2.31. The third-order valence-electron chi connectivity index (χ3n) is 3.43. The topological polar surface area (TPSA) is 69.7 Å². The van der Waals surface area contributed by atoms with Crippen LogP contribution in [0, 0.1) is 0 Å². The summed E-state index contributed by atoms with van der Waals surface area (Å²) in [6.07, 6.45) is 2.19. The van der Waals surface area contributed by atoms with Crippen LogP contribution < -0.4 is 15.1 Å². The lowest BCUT2D eigenvalue weighted by molar-refractivity contribution is -0.122. The van der Waals surface area contributed by atoms with Gasteiger partial charge >= 0.3 is 0 Å². The number of carbonyl (C=O) groups excluding carboxylic acids is 3. The maximum absolute atomic E-state index is 12.1. The summed E-state index contributed by atoms with van der Waals surface area (Å²) in [6.45, 7) is 0. The molecule has 0 radical (unpaired) electrons. The molecule has 1 N–H and O–H groups in total. The minimum Gasteiger partial charge on any atom is -0.361 e. The number of nitrogens with one attached hydrogen (secondary N) is 1. The summed E-state index contributed by atoms with van der Waals surface area (Å²) in [6, 6.07) is 4.99. The third-order valence-corrected chi connectivity index (χ3v) is 4.07. The van der Waals surface area contributed by atoms with E-state index < -0.39 is 6.04 Å². The Balaban J connectivity index is 3.25. The van der Waals surface area contributed by atoms with Gasteiger partial charge in [0.1, 0.15) is 12.3 Å². The smallest absolute Gasteiger partial charge is 0.242 e. The van der Waals surface area contributed by atoms with E-state index in [2.05, 4.69) is 21.2 Å². The van der Waals surface area contributed by atoms with E-state index in [9.17, 15) is 14.4 Å². The van der Waals surface area contributed by atoms with Crippen LogP contribution in [-0.4, -0.2) is 45.8 Å². The fourth-order valence-electron chi connectivity index (χ4n) is 2.25. The van der Waals surface area contributed by atoms with Gasteiger partial charge < -0.3 is 19.9 Å². The number of hydrogen-bond donors (Lipinski definition) is 1. The second-order valence-corrected chi connectivity index (χ2v) is 5.66. The first-order chi connectivity index (χ1) is 10.5. The average molecular weight is 370 g/mol. The van der Waals surface area contributed by atoms with Gasteiger partial charge in [0.05, 0.1) is 11.4 Å². The zero-order valence-corrected chi connectivity index (χ0v) is 14.5. The minimum atomic E-state index is -0.497. The van der Waals surface area contributed by atoms with Crippen LogP contribution in [-0.2, 0) is 14.4 Å². The number of benzene rings is 1. The van der Waals surface area contributed by atoms with Crippen LogP contribution in [0.3, 0.4) is 0 Å². The van der Waals surface area contributed by atoms with E-state index in [1.807, 2.05) is 18.2 Å². The number of hydrogen-bond acceptors (Lipinski definition) is 4. The number of aldehydes is 1. The number of nitrogens with zero attached hydrogens (tertiary/aromatic N) is 2. The first kappa shape index (κ1) is 18.2. The summed E-state index contributed by atoms with van der Waals surface area (Å²) in [5.41, 5.74) is 1.39. The van der Waals surface area contributed by atoms with Gasteiger partial charge in [-0.2, -0.15) is 0 Å². The Morgan fingerprint density at radius 3 is 2.59 bits per heavy atom. The Bertz CT molecular complexity index is 551. The number of para-hydroxylation sites is 1. The van der Waals surface area contributed by atoms with E-state index in [4.69, 9.17) is 0 Å². The first-order valence-electron chi connectivity index (χ1n) is 6.82. The van der Waals surface area contributed by atoms with E-state index in [0.717, 1.165) is 16.4 Å². The number of halogens is 1. The molecule has 1 aromatic rings. The highest BCUT2D eigenvalue weighted by molar-refractivity contribution is 9.10. The van der Waals surface area contributed by atoms with Crippen LogP contribution in [0.4, 0.5) is 11.4 Å². The summed E-state index contributed by atoms with van der Waals surface area (Å²) < 4.78 is 0.748. The molecule has 0 aliphatic rings. The summed E-state index contributed by atoms with van der Waals surface area (Å²) in [4.78, 5) is 37.1. The molecule has 7 heteroatoms. The summed E-state index contributed by atoms with van der Waals surface area (Å²) in [7, 11) is 4.98. The van der Waals surface area contributed by atoms with Crippen LogP contribution in [0.15, 0.2) is 22.7 Å². The number of amides is 2. The van der Waals surface area contributed by atoms with Gasteiger partial charge in [-0.3, -0.25) is 9.59 Å². The Morgan fingerprint density at radius 1 is 1.36 bits per heavy atom. The highest BCUT2D eigenvalue weighted by atomic mass is 79.9. The van der Waals surface area contributed by atoms with E-state index in [1.165, 1.54) is 4.90 Å². The molecule has 0 bridgehead atoms. The molecule has 0 aliphatic heterocycles. The normalized spacial score (nSPS) is 11.5. The van der Waals surface area contributed by atoms with Gasteiger partial charge in [-0.1, -0.05) is 6.07 Å². The van der Waals surface area contributed by atoms with Crippen molar-refractivity contribution in [3.63, 3.8) is 0 Å². The summed E-state index contributed by atoms with van der Waals surface area (Å²) in [5, 5.41) is 2.61. The zero-order chi connectivity index (χ0) is 16.7. The predicted molar refractivity (Wildman–Crippen MR) is 90.2 cm³/mol. The average Bonchev–Trinajstić information content (AvgIpc) is 2.53. The van der Waals surface area contributed by atoms with Crippen molar-refractivity contribution in [1.29, 1.82) is 0 Å². The standard InChI is InChI=1S/C15H20BrN3O3/c1-17-15(22)13(8-5-9-20)19(3)12-7-4-6-11(16)14(12)18(2)10-21/h4,6-7,9-10,13H,5,8H2,1-3H3,(H,17,22). The Kier molecular flexibility index (Phi) is 7.04. The van der Waals surface area contributed by atoms with Crippen molar-refractivity contribution in [3.8, 4) is 0 Å². The van der Waals surface area contributed by atoms with Gasteiger partial charge in [-0.15, -0.1) is 0 Å². The largest absolute Gasteiger partial charge is 0.361 e. The molecule has 1 unspecified atom stereocenters. The molecule has 1 rings (SSSR count). The van der Waals surface area contributed by atoms with Gasteiger partial charge in [0.2, 0.25) is 12.3 Å². The van der Waals surface area contributed by atoms with Crippen molar-refractivity contribution in [2.75, 3.05) is 30.9 Å². The molecular formula is C15H20BrN3O3. The quantitative estimate of drug-likeness (QED) is 0.706. The monoisotopic (exact) mass is 369 g/mol. The molecule has 0 aromatic heterocycles. The third kappa shape index (κ3) is 4.07. The van der Waals surface area contributed by atoms with E-state index in [1.54, 1.807) is 26.0 Å². The van der Waals surface area contributed by atoms with Crippen molar-refractivity contribution in [2.24, 2.45) is 0 Å². The molecule has 0 heterocycles. The molecule has 0 spiro atoms. The molecular weight excluding hydrogens is 350 g/mol. The van der Waals surface area contributed by atoms with Gasteiger partial charge in [-0.25, -0.2) is 0 Å². The molecule has 6 nitrogen and oxygen atoms in total. The van der Waals surface area contributed by atoms with Crippen molar-refractivity contribution >= 4 is 45.9 Å². The first-order valence-corrected chi connectivity index (χ1v) is 7.61. The highest BCUT2D eigenvalue weighted by Crippen LogP contribution is 2.36. The highest BCUT2D eigenvalue weighted by Gasteiger charge is 2.25. The molecule has 1 atom stereocenters. The summed E-state index contributed by atoms with van der Waals surface area (Å²) in [5.74, 6) is -0.177. The number of anilines is 2. The van der Waals surface area contributed by atoms with Gasteiger partial charge in [-0.05, 0) is 34.5 Å². The fourth-order valence-corrected chi connectivity index (χ4v) is 2.89. The van der Waals surface area contributed by atoms with Crippen molar-refractivity contribution in [3.05, 3.63) is 22.7 Å². The van der Waals surface area contributed by atoms with E-state index in [0.29, 0.717) is 18.5 Å². The lowest BCUT2D eigenvalue weighted by Crippen LogP contribution is -2.44. The SMILES string of the molecule is CNC(=O)C(CCC=O)N(C)c1cccc(Br)c1N(C)C=O.